The molecule has 0 radical (unpaired) electrons. The smallest absolute Gasteiger partial charge is 0.387 e. The van der Waals surface area contributed by atoms with Gasteiger partial charge in [0.2, 0.25) is 0 Å². The normalized spacial score (nSPS) is 20.4. The molecule has 4 rings (SSSR count). The van der Waals surface area contributed by atoms with Gasteiger partial charge in [0.1, 0.15) is 5.75 Å². The van der Waals surface area contributed by atoms with Crippen molar-refractivity contribution in [2.45, 2.75) is 37.3 Å². The monoisotopic (exact) mass is 465 g/mol. The lowest BCUT2D eigenvalue weighted by Crippen LogP contribution is -2.41. The first-order chi connectivity index (χ1) is 15.8. The highest BCUT2D eigenvalue weighted by Crippen LogP contribution is 2.48. The van der Waals surface area contributed by atoms with Crippen LogP contribution in [0.4, 0.5) is 17.6 Å². The number of ether oxygens (including phenoxy) is 2. The Kier molecular flexibility index (Phi) is 6.18. The number of hydrogen-bond acceptors (Lipinski definition) is 5. The second-order valence-electron chi connectivity index (χ2n) is 7.99. The van der Waals surface area contributed by atoms with Crippen molar-refractivity contribution in [2.24, 2.45) is 10.7 Å². The summed E-state index contributed by atoms with van der Waals surface area (Å²) in [7, 11) is 1.46. The van der Waals surface area contributed by atoms with Gasteiger partial charge in [0.15, 0.2) is 23.1 Å². The number of aliphatic imine (C=N–C) groups is 1. The summed E-state index contributed by atoms with van der Waals surface area (Å²) in [6, 6.07) is 8.35. The standard InChI is InChI=1S/C23H23F4N3O3/c1-30-20(31)23(29-22(30)28,15-5-7-17(25)19(12-15)32-10-2-9-24)14-6-8-18(33-21(26)27)16(11-14)13-3-4-13/h5-8,11-13,21H,2-4,9-10H2,1H3,(H2,28,29)/t23-/m1/s1. The number of likely N-dealkylation sites (N-methyl/N-ethyl adjacent to an activating group) is 1. The summed E-state index contributed by atoms with van der Waals surface area (Å²) < 4.78 is 62.6. The lowest BCUT2D eigenvalue weighted by atomic mass is 9.81. The molecule has 1 atom stereocenters. The third kappa shape index (κ3) is 4.21. The summed E-state index contributed by atoms with van der Waals surface area (Å²) >= 11 is 0. The highest BCUT2D eigenvalue weighted by molar-refractivity contribution is 6.09. The molecule has 0 unspecified atom stereocenters. The maximum absolute atomic E-state index is 14.4. The van der Waals surface area contributed by atoms with Crippen LogP contribution in [-0.4, -0.2) is 43.7 Å². The van der Waals surface area contributed by atoms with Crippen LogP contribution in [0.2, 0.25) is 0 Å². The molecule has 10 heteroatoms. The fraction of sp³-hybridized carbons (Fsp3) is 0.391. The van der Waals surface area contributed by atoms with Crippen molar-refractivity contribution in [1.29, 1.82) is 0 Å². The van der Waals surface area contributed by atoms with Crippen molar-refractivity contribution in [3.05, 3.63) is 58.9 Å². The number of hydrogen-bond donors (Lipinski definition) is 1. The highest BCUT2D eigenvalue weighted by Gasteiger charge is 2.50. The van der Waals surface area contributed by atoms with Crippen molar-refractivity contribution in [2.75, 3.05) is 20.3 Å². The van der Waals surface area contributed by atoms with Gasteiger partial charge in [0.25, 0.3) is 5.91 Å². The number of nitrogens with zero attached hydrogens (tertiary/aromatic N) is 2. The Morgan fingerprint density at radius 3 is 2.48 bits per heavy atom. The maximum Gasteiger partial charge on any atom is 0.387 e. The minimum absolute atomic E-state index is 0.0270. The predicted octanol–water partition coefficient (Wildman–Crippen LogP) is 4.07. The van der Waals surface area contributed by atoms with Gasteiger partial charge in [0, 0.05) is 13.5 Å². The Labute approximate surface area is 188 Å². The van der Waals surface area contributed by atoms with E-state index in [1.54, 1.807) is 6.07 Å². The van der Waals surface area contributed by atoms with Crippen LogP contribution in [0.1, 0.15) is 41.9 Å². The van der Waals surface area contributed by atoms with E-state index < -0.39 is 30.5 Å². The van der Waals surface area contributed by atoms with Crippen LogP contribution < -0.4 is 15.2 Å². The zero-order chi connectivity index (χ0) is 23.8. The Hall–Kier alpha value is -3.30. The van der Waals surface area contributed by atoms with Crippen molar-refractivity contribution in [1.82, 2.24) is 4.90 Å². The van der Waals surface area contributed by atoms with Crippen LogP contribution in [0.25, 0.3) is 0 Å². The highest BCUT2D eigenvalue weighted by atomic mass is 19.3. The van der Waals surface area contributed by atoms with E-state index in [0.29, 0.717) is 11.1 Å². The largest absolute Gasteiger partial charge is 0.490 e. The molecule has 1 saturated carbocycles. The molecule has 2 N–H and O–H groups in total. The number of amides is 1. The molecule has 0 bridgehead atoms. The summed E-state index contributed by atoms with van der Waals surface area (Å²) in [5.74, 6) is -1.31. The molecule has 0 aromatic heterocycles. The second-order valence-corrected chi connectivity index (χ2v) is 7.99. The van der Waals surface area contributed by atoms with E-state index in [4.69, 9.17) is 10.5 Å². The molecule has 1 aliphatic carbocycles. The third-order valence-corrected chi connectivity index (χ3v) is 5.79. The molecule has 0 spiro atoms. The summed E-state index contributed by atoms with van der Waals surface area (Å²) in [6.45, 7) is -3.66. The van der Waals surface area contributed by atoms with E-state index in [2.05, 4.69) is 9.73 Å². The van der Waals surface area contributed by atoms with Gasteiger partial charge in [0.05, 0.1) is 13.3 Å². The lowest BCUT2D eigenvalue weighted by molar-refractivity contribution is -0.129. The van der Waals surface area contributed by atoms with E-state index in [1.165, 1.54) is 36.2 Å². The molecule has 1 fully saturated rings. The van der Waals surface area contributed by atoms with Crippen LogP contribution >= 0.6 is 0 Å². The second kappa shape index (κ2) is 8.92. The van der Waals surface area contributed by atoms with Gasteiger partial charge < -0.3 is 15.2 Å². The predicted molar refractivity (Wildman–Crippen MR) is 113 cm³/mol. The van der Waals surface area contributed by atoms with Gasteiger partial charge in [-0.2, -0.15) is 8.78 Å². The van der Waals surface area contributed by atoms with Crippen LogP contribution in [0, 0.1) is 5.82 Å². The van der Waals surface area contributed by atoms with Crippen molar-refractivity contribution >= 4 is 11.9 Å². The van der Waals surface area contributed by atoms with Crippen molar-refractivity contribution in [3.8, 4) is 11.5 Å². The fourth-order valence-corrected chi connectivity index (χ4v) is 3.95. The summed E-state index contributed by atoms with van der Waals surface area (Å²) in [5, 5.41) is 0. The molecular formula is C23H23F4N3O3. The van der Waals surface area contributed by atoms with Gasteiger partial charge >= 0.3 is 6.61 Å². The van der Waals surface area contributed by atoms with E-state index in [0.717, 1.165) is 18.9 Å². The first-order valence-corrected chi connectivity index (χ1v) is 10.5. The van der Waals surface area contributed by atoms with Gasteiger partial charge in [-0.25, -0.2) is 9.38 Å². The zero-order valence-corrected chi connectivity index (χ0v) is 17.9. The van der Waals surface area contributed by atoms with Gasteiger partial charge in [-0.3, -0.25) is 14.1 Å². The van der Waals surface area contributed by atoms with Crippen LogP contribution in [0.5, 0.6) is 11.5 Å². The van der Waals surface area contributed by atoms with Crippen LogP contribution in [0.15, 0.2) is 41.4 Å². The average molecular weight is 465 g/mol. The summed E-state index contributed by atoms with van der Waals surface area (Å²) in [4.78, 5) is 19.1. The molecule has 1 amide bonds. The SMILES string of the molecule is CN1C(=O)[C@](c2ccc(F)c(OCCCF)c2)(c2ccc(OC(F)F)c(C3CC3)c2)N=C1N. The van der Waals surface area contributed by atoms with Gasteiger partial charge in [-0.05, 0) is 59.7 Å². The first kappa shape index (κ1) is 22.9. The number of guanidine groups is 1. The summed E-state index contributed by atoms with van der Waals surface area (Å²) in [5.41, 5.74) is 5.51. The average Bonchev–Trinajstić information content (AvgIpc) is 3.60. The number of alkyl halides is 3. The van der Waals surface area contributed by atoms with E-state index in [-0.39, 0.29) is 42.0 Å². The molecule has 2 aromatic rings. The molecule has 0 saturated heterocycles. The molecule has 2 aliphatic rings. The molecule has 2 aromatic carbocycles. The van der Waals surface area contributed by atoms with E-state index in [1.807, 2.05) is 0 Å². The maximum atomic E-state index is 14.4. The first-order valence-electron chi connectivity index (χ1n) is 10.5. The lowest BCUT2D eigenvalue weighted by Gasteiger charge is -2.27. The molecule has 176 valence electrons. The molecule has 6 nitrogen and oxygen atoms in total. The van der Waals surface area contributed by atoms with Gasteiger partial charge in [-0.1, -0.05) is 12.1 Å². The Morgan fingerprint density at radius 1 is 1.18 bits per heavy atom. The zero-order valence-electron chi connectivity index (χ0n) is 17.9. The molecular weight excluding hydrogens is 442 g/mol. The Balaban J connectivity index is 1.85. The molecule has 1 aliphatic heterocycles. The summed E-state index contributed by atoms with van der Waals surface area (Å²) in [6.07, 6.45) is 1.69. The van der Waals surface area contributed by atoms with E-state index in [9.17, 15) is 22.4 Å². The van der Waals surface area contributed by atoms with Gasteiger partial charge in [-0.15, -0.1) is 0 Å². The number of carbonyl (C=O) groups excluding carboxylic acids is 1. The third-order valence-electron chi connectivity index (χ3n) is 5.79. The van der Waals surface area contributed by atoms with E-state index >= 15 is 0 Å². The van der Waals surface area contributed by atoms with Crippen LogP contribution in [0.3, 0.4) is 0 Å². The minimum Gasteiger partial charge on any atom is -0.490 e. The topological polar surface area (TPSA) is 77.2 Å². The molecule has 33 heavy (non-hydrogen) atoms. The Bertz CT molecular complexity index is 1090. The number of benzene rings is 2. The van der Waals surface area contributed by atoms with Crippen molar-refractivity contribution < 1.29 is 31.8 Å². The number of nitrogens with two attached hydrogens (primary N) is 1. The number of rotatable bonds is 9. The Morgan fingerprint density at radius 2 is 1.88 bits per heavy atom. The number of carbonyl (C=O) groups is 1. The number of halogens is 4. The van der Waals surface area contributed by atoms with Crippen LogP contribution in [-0.2, 0) is 10.3 Å². The fourth-order valence-electron chi connectivity index (χ4n) is 3.95. The molecule has 1 heterocycles. The van der Waals surface area contributed by atoms with Crippen molar-refractivity contribution in [3.63, 3.8) is 0 Å². The minimum atomic E-state index is -2.99. The quantitative estimate of drug-likeness (QED) is 0.447.